The second kappa shape index (κ2) is 6.36. The van der Waals surface area contributed by atoms with Crippen LogP contribution >= 0.6 is 0 Å². The average Bonchev–Trinajstić information content (AvgIpc) is 2.29. The monoisotopic (exact) mass is 242 g/mol. The molecule has 1 saturated heterocycles. The Balaban J connectivity index is 2.32. The van der Waals surface area contributed by atoms with Gasteiger partial charge in [-0.2, -0.15) is 0 Å². The molecular weight excluding hydrogens is 216 g/mol. The third-order valence-corrected chi connectivity index (χ3v) is 3.90. The number of likely N-dealkylation sites (tertiary alicyclic amines) is 1. The van der Waals surface area contributed by atoms with Crippen LogP contribution in [0.4, 0.5) is 0 Å². The van der Waals surface area contributed by atoms with E-state index in [4.69, 9.17) is 0 Å². The van der Waals surface area contributed by atoms with Gasteiger partial charge in [-0.25, -0.2) is 0 Å². The van der Waals surface area contributed by atoms with Gasteiger partial charge in [-0.3, -0.25) is 4.79 Å². The molecule has 0 radical (unpaired) electrons. The van der Waals surface area contributed by atoms with E-state index < -0.39 is 0 Å². The molecule has 0 aliphatic carbocycles. The SMILES string of the molecule is COC(=O)CNCC(C)(C)C1CCN(C)CC1. The van der Waals surface area contributed by atoms with E-state index in [-0.39, 0.29) is 11.4 Å². The lowest BCUT2D eigenvalue weighted by Crippen LogP contribution is -2.42. The topological polar surface area (TPSA) is 41.6 Å². The van der Waals surface area contributed by atoms with Crippen molar-refractivity contribution in [2.75, 3.05) is 40.3 Å². The van der Waals surface area contributed by atoms with E-state index in [1.807, 2.05) is 0 Å². The van der Waals surface area contributed by atoms with Crippen LogP contribution < -0.4 is 5.32 Å². The Labute approximate surface area is 105 Å². The van der Waals surface area contributed by atoms with Crippen LogP contribution in [0.2, 0.25) is 0 Å². The Morgan fingerprint density at radius 1 is 1.41 bits per heavy atom. The predicted molar refractivity (Wildman–Crippen MR) is 68.9 cm³/mol. The van der Waals surface area contributed by atoms with E-state index in [1.54, 1.807) is 0 Å². The van der Waals surface area contributed by atoms with Crippen molar-refractivity contribution in [3.05, 3.63) is 0 Å². The lowest BCUT2D eigenvalue weighted by molar-refractivity contribution is -0.139. The van der Waals surface area contributed by atoms with Gasteiger partial charge in [-0.1, -0.05) is 13.8 Å². The minimum atomic E-state index is -0.191. The number of nitrogens with zero attached hydrogens (tertiary/aromatic N) is 1. The van der Waals surface area contributed by atoms with Gasteiger partial charge in [0.25, 0.3) is 0 Å². The van der Waals surface area contributed by atoms with E-state index in [1.165, 1.54) is 33.0 Å². The van der Waals surface area contributed by atoms with E-state index in [0.29, 0.717) is 6.54 Å². The first kappa shape index (κ1) is 14.5. The Hall–Kier alpha value is -0.610. The zero-order valence-electron chi connectivity index (χ0n) is 11.6. The summed E-state index contributed by atoms with van der Waals surface area (Å²) in [5.41, 5.74) is 0.245. The molecule has 0 atom stereocenters. The van der Waals surface area contributed by atoms with Gasteiger partial charge >= 0.3 is 5.97 Å². The Morgan fingerprint density at radius 2 is 2.00 bits per heavy atom. The highest BCUT2D eigenvalue weighted by Crippen LogP contribution is 2.33. The third kappa shape index (κ3) is 4.64. The van der Waals surface area contributed by atoms with Crippen LogP contribution in [-0.2, 0) is 9.53 Å². The first-order chi connectivity index (χ1) is 7.95. The van der Waals surface area contributed by atoms with Crippen molar-refractivity contribution in [1.82, 2.24) is 10.2 Å². The molecule has 1 N–H and O–H groups in total. The van der Waals surface area contributed by atoms with Crippen molar-refractivity contribution in [2.24, 2.45) is 11.3 Å². The lowest BCUT2D eigenvalue weighted by Gasteiger charge is -2.39. The summed E-state index contributed by atoms with van der Waals surface area (Å²) in [5.74, 6) is 0.549. The molecule has 0 aromatic heterocycles. The Morgan fingerprint density at radius 3 is 2.53 bits per heavy atom. The largest absolute Gasteiger partial charge is 0.468 e. The second-order valence-corrected chi connectivity index (χ2v) is 5.75. The van der Waals surface area contributed by atoms with Crippen LogP contribution in [0.3, 0.4) is 0 Å². The molecule has 0 aromatic rings. The number of rotatable bonds is 5. The quantitative estimate of drug-likeness (QED) is 0.734. The van der Waals surface area contributed by atoms with E-state index >= 15 is 0 Å². The molecule has 0 saturated carbocycles. The van der Waals surface area contributed by atoms with Crippen LogP contribution in [0.5, 0.6) is 0 Å². The van der Waals surface area contributed by atoms with E-state index in [2.05, 4.69) is 35.8 Å². The molecule has 1 rings (SSSR count). The standard InChI is InChI=1S/C13H26N2O2/c1-13(2,10-14-9-12(16)17-4)11-5-7-15(3)8-6-11/h11,14H,5-10H2,1-4H3. The predicted octanol–water partition coefficient (Wildman–Crippen LogP) is 1.12. The van der Waals surface area contributed by atoms with E-state index in [9.17, 15) is 4.79 Å². The minimum absolute atomic E-state index is 0.191. The second-order valence-electron chi connectivity index (χ2n) is 5.75. The molecule has 4 heteroatoms. The molecule has 1 heterocycles. The lowest BCUT2D eigenvalue weighted by atomic mass is 9.73. The molecule has 0 aromatic carbocycles. The van der Waals surface area contributed by atoms with Gasteiger partial charge in [-0.15, -0.1) is 0 Å². The summed E-state index contributed by atoms with van der Waals surface area (Å²) in [7, 11) is 3.60. The summed E-state index contributed by atoms with van der Waals surface area (Å²) < 4.78 is 4.62. The summed E-state index contributed by atoms with van der Waals surface area (Å²) in [5, 5.41) is 3.20. The molecule has 4 nitrogen and oxygen atoms in total. The minimum Gasteiger partial charge on any atom is -0.468 e. The zero-order valence-corrected chi connectivity index (χ0v) is 11.6. The van der Waals surface area contributed by atoms with Gasteiger partial charge in [0.05, 0.1) is 13.7 Å². The van der Waals surface area contributed by atoms with Crippen molar-refractivity contribution in [1.29, 1.82) is 0 Å². The smallest absolute Gasteiger partial charge is 0.319 e. The van der Waals surface area contributed by atoms with Gasteiger partial charge in [0.2, 0.25) is 0 Å². The van der Waals surface area contributed by atoms with Crippen molar-refractivity contribution >= 4 is 5.97 Å². The first-order valence-electron chi connectivity index (χ1n) is 6.42. The molecule has 0 spiro atoms. The van der Waals surface area contributed by atoms with Crippen LogP contribution in [0.15, 0.2) is 0 Å². The van der Waals surface area contributed by atoms with Crippen LogP contribution in [-0.4, -0.2) is 51.2 Å². The number of hydrogen-bond acceptors (Lipinski definition) is 4. The maximum atomic E-state index is 11.0. The summed E-state index contributed by atoms with van der Waals surface area (Å²) in [6, 6.07) is 0. The fourth-order valence-electron chi connectivity index (χ4n) is 2.49. The molecule has 1 aliphatic rings. The van der Waals surface area contributed by atoms with Crippen molar-refractivity contribution in [3.8, 4) is 0 Å². The number of ether oxygens (including phenoxy) is 1. The highest BCUT2D eigenvalue weighted by Gasteiger charge is 2.31. The number of methoxy groups -OCH3 is 1. The Bertz CT molecular complexity index is 246. The summed E-state index contributed by atoms with van der Waals surface area (Å²) in [4.78, 5) is 13.4. The van der Waals surface area contributed by atoms with Crippen LogP contribution in [0.25, 0.3) is 0 Å². The fraction of sp³-hybridized carbons (Fsp3) is 0.923. The molecule has 0 unspecified atom stereocenters. The number of carbonyl (C=O) groups is 1. The van der Waals surface area contributed by atoms with Crippen molar-refractivity contribution in [3.63, 3.8) is 0 Å². The van der Waals surface area contributed by atoms with Gasteiger partial charge in [-0.05, 0) is 44.3 Å². The van der Waals surface area contributed by atoms with Crippen molar-refractivity contribution < 1.29 is 9.53 Å². The van der Waals surface area contributed by atoms with Gasteiger partial charge in [0.15, 0.2) is 0 Å². The zero-order chi connectivity index (χ0) is 12.9. The van der Waals surface area contributed by atoms with E-state index in [0.717, 1.165) is 12.5 Å². The summed E-state index contributed by atoms with van der Waals surface area (Å²) >= 11 is 0. The average molecular weight is 242 g/mol. The van der Waals surface area contributed by atoms with Crippen molar-refractivity contribution in [2.45, 2.75) is 26.7 Å². The number of piperidine rings is 1. The number of carbonyl (C=O) groups excluding carboxylic acids is 1. The van der Waals surface area contributed by atoms with Crippen LogP contribution in [0, 0.1) is 11.3 Å². The maximum absolute atomic E-state index is 11.0. The van der Waals surface area contributed by atoms with Gasteiger partial charge in [0, 0.05) is 6.54 Å². The molecule has 1 aliphatic heterocycles. The number of nitrogens with one attached hydrogen (secondary N) is 1. The molecule has 100 valence electrons. The Kier molecular flexibility index (Phi) is 5.40. The highest BCUT2D eigenvalue weighted by molar-refractivity contribution is 5.71. The number of esters is 1. The molecule has 0 bridgehead atoms. The summed E-state index contributed by atoms with van der Waals surface area (Å²) in [6.45, 7) is 8.12. The third-order valence-electron chi connectivity index (χ3n) is 3.90. The summed E-state index contributed by atoms with van der Waals surface area (Å²) in [6.07, 6.45) is 2.51. The fourth-order valence-corrected chi connectivity index (χ4v) is 2.49. The number of hydrogen-bond donors (Lipinski definition) is 1. The maximum Gasteiger partial charge on any atom is 0.319 e. The highest BCUT2D eigenvalue weighted by atomic mass is 16.5. The molecule has 17 heavy (non-hydrogen) atoms. The first-order valence-corrected chi connectivity index (χ1v) is 6.42. The molecular formula is C13H26N2O2. The molecule has 0 amide bonds. The normalized spacial score (nSPS) is 19.3. The molecule has 1 fully saturated rings. The van der Waals surface area contributed by atoms with Gasteiger partial charge in [0.1, 0.15) is 0 Å². The van der Waals surface area contributed by atoms with Crippen LogP contribution in [0.1, 0.15) is 26.7 Å². The van der Waals surface area contributed by atoms with Gasteiger partial charge < -0.3 is 15.0 Å².